The second-order valence-electron chi connectivity index (χ2n) is 8.26. The van der Waals surface area contributed by atoms with Gasteiger partial charge in [-0.1, -0.05) is 48.5 Å². The van der Waals surface area contributed by atoms with E-state index in [0.717, 1.165) is 34.4 Å². The molecule has 0 radical (unpaired) electrons. The predicted octanol–water partition coefficient (Wildman–Crippen LogP) is 4.86. The van der Waals surface area contributed by atoms with Gasteiger partial charge in [0.05, 0.1) is 12.1 Å². The van der Waals surface area contributed by atoms with Gasteiger partial charge < -0.3 is 14.7 Å². The molecule has 0 saturated carbocycles. The number of carbonyl (C=O) groups is 2. The number of rotatable bonds is 8. The number of hydrogen-bond acceptors (Lipinski definition) is 3. The van der Waals surface area contributed by atoms with Crippen LogP contribution in [0.15, 0.2) is 60.7 Å². The minimum absolute atomic E-state index is 0.0457. The maximum atomic E-state index is 14.3. The Morgan fingerprint density at radius 3 is 2.58 bits per heavy atom. The first-order valence-electron chi connectivity index (χ1n) is 11.0. The van der Waals surface area contributed by atoms with Crippen LogP contribution < -0.4 is 9.64 Å². The molecule has 0 fully saturated rings. The van der Waals surface area contributed by atoms with Gasteiger partial charge in [-0.25, -0.2) is 4.39 Å². The standard InChI is InChI=1S/C27H26FNO4/c1-18-5-2-3-6-21(18)15-25(30)29-14-13-20-7-4-8-22(27(20)29)17-33-23-11-9-19(24(28)16-23)10-12-26(31)32/h2-9,11,16H,10,12-15,17H2,1H3,(H,31,32). The topological polar surface area (TPSA) is 66.8 Å². The van der Waals surface area contributed by atoms with Gasteiger partial charge in [-0.2, -0.15) is 0 Å². The number of aliphatic carboxylic acids is 1. The van der Waals surface area contributed by atoms with Crippen LogP contribution in [-0.2, 0) is 35.5 Å². The zero-order valence-corrected chi connectivity index (χ0v) is 18.5. The van der Waals surface area contributed by atoms with Crippen molar-refractivity contribution in [2.45, 2.75) is 39.2 Å². The lowest BCUT2D eigenvalue weighted by Gasteiger charge is -2.21. The van der Waals surface area contributed by atoms with Crippen LogP contribution >= 0.6 is 0 Å². The Hall–Kier alpha value is -3.67. The van der Waals surface area contributed by atoms with Gasteiger partial charge >= 0.3 is 5.97 Å². The Morgan fingerprint density at radius 2 is 1.82 bits per heavy atom. The van der Waals surface area contributed by atoms with E-state index in [1.165, 1.54) is 6.07 Å². The van der Waals surface area contributed by atoms with Gasteiger partial charge in [0.1, 0.15) is 18.2 Å². The van der Waals surface area contributed by atoms with Gasteiger partial charge in [0, 0.05) is 24.6 Å². The van der Waals surface area contributed by atoms with Crippen molar-refractivity contribution >= 4 is 17.6 Å². The van der Waals surface area contributed by atoms with Gasteiger partial charge in [-0.3, -0.25) is 9.59 Å². The molecule has 3 aromatic carbocycles. The lowest BCUT2D eigenvalue weighted by atomic mass is 10.0. The van der Waals surface area contributed by atoms with Crippen LogP contribution in [0.5, 0.6) is 5.75 Å². The number of carbonyl (C=O) groups excluding carboxylic acids is 1. The summed E-state index contributed by atoms with van der Waals surface area (Å²) < 4.78 is 20.2. The SMILES string of the molecule is Cc1ccccc1CC(=O)N1CCc2cccc(COc3ccc(CCC(=O)O)c(F)c3)c21. The lowest BCUT2D eigenvalue weighted by molar-refractivity contribution is -0.137. The Bertz CT molecular complexity index is 1190. The van der Waals surface area contributed by atoms with Crippen molar-refractivity contribution in [3.8, 4) is 5.75 Å². The summed E-state index contributed by atoms with van der Waals surface area (Å²) in [6.45, 7) is 2.83. The van der Waals surface area contributed by atoms with Crippen LogP contribution in [0.2, 0.25) is 0 Å². The van der Waals surface area contributed by atoms with E-state index in [-0.39, 0.29) is 25.4 Å². The number of ether oxygens (including phenoxy) is 1. The van der Waals surface area contributed by atoms with Crippen molar-refractivity contribution in [2.75, 3.05) is 11.4 Å². The first-order valence-corrected chi connectivity index (χ1v) is 11.0. The fourth-order valence-corrected chi connectivity index (χ4v) is 4.19. The summed E-state index contributed by atoms with van der Waals surface area (Å²) in [5, 5.41) is 8.79. The van der Waals surface area contributed by atoms with Crippen molar-refractivity contribution < 1.29 is 23.8 Å². The van der Waals surface area contributed by atoms with Gasteiger partial charge in [0.25, 0.3) is 0 Å². The summed E-state index contributed by atoms with van der Waals surface area (Å²) in [6, 6.07) is 18.3. The molecule has 0 atom stereocenters. The predicted molar refractivity (Wildman–Crippen MR) is 124 cm³/mol. The molecular weight excluding hydrogens is 421 g/mol. The highest BCUT2D eigenvalue weighted by atomic mass is 19.1. The molecule has 1 heterocycles. The molecule has 0 aromatic heterocycles. The number of nitrogens with zero attached hydrogens (tertiary/aromatic N) is 1. The third-order valence-electron chi connectivity index (χ3n) is 6.01. The third-order valence-corrected chi connectivity index (χ3v) is 6.01. The number of halogens is 1. The average Bonchev–Trinajstić information content (AvgIpc) is 3.23. The highest BCUT2D eigenvalue weighted by molar-refractivity contribution is 5.97. The van der Waals surface area contributed by atoms with Crippen LogP contribution in [0.25, 0.3) is 0 Å². The molecule has 1 N–H and O–H groups in total. The van der Waals surface area contributed by atoms with Crippen LogP contribution in [0.3, 0.4) is 0 Å². The largest absolute Gasteiger partial charge is 0.489 e. The summed E-state index contributed by atoms with van der Waals surface area (Å²) in [6.07, 6.45) is 1.13. The molecule has 0 aliphatic carbocycles. The van der Waals surface area contributed by atoms with Gasteiger partial charge in [-0.15, -0.1) is 0 Å². The van der Waals surface area contributed by atoms with Crippen molar-refractivity contribution in [1.29, 1.82) is 0 Å². The van der Waals surface area contributed by atoms with E-state index in [0.29, 0.717) is 24.3 Å². The normalized spacial score (nSPS) is 12.5. The molecule has 0 bridgehead atoms. The quantitative estimate of drug-likeness (QED) is 0.535. The third kappa shape index (κ3) is 5.22. The summed E-state index contributed by atoms with van der Waals surface area (Å²) in [4.78, 5) is 25.7. The van der Waals surface area contributed by atoms with E-state index >= 15 is 0 Å². The van der Waals surface area contributed by atoms with Crippen molar-refractivity contribution in [3.63, 3.8) is 0 Å². The van der Waals surface area contributed by atoms with Crippen LogP contribution in [0, 0.1) is 12.7 Å². The first-order chi connectivity index (χ1) is 15.9. The number of amides is 1. The van der Waals surface area contributed by atoms with E-state index < -0.39 is 11.8 Å². The number of carboxylic acid groups (broad SMARTS) is 1. The Morgan fingerprint density at radius 1 is 1.03 bits per heavy atom. The number of carboxylic acids is 1. The van der Waals surface area contributed by atoms with Gasteiger partial charge in [0.2, 0.25) is 5.91 Å². The van der Waals surface area contributed by atoms with Crippen molar-refractivity contribution in [1.82, 2.24) is 0 Å². The molecule has 3 aromatic rings. The van der Waals surface area contributed by atoms with E-state index in [9.17, 15) is 14.0 Å². The van der Waals surface area contributed by atoms with Crippen molar-refractivity contribution in [2.24, 2.45) is 0 Å². The Labute approximate surface area is 192 Å². The molecule has 1 aliphatic rings. The highest BCUT2D eigenvalue weighted by Crippen LogP contribution is 2.33. The fraction of sp³-hybridized carbons (Fsp3) is 0.259. The number of fused-ring (bicyclic) bond motifs is 1. The second-order valence-corrected chi connectivity index (χ2v) is 8.26. The zero-order chi connectivity index (χ0) is 23.4. The molecule has 1 aliphatic heterocycles. The van der Waals surface area contributed by atoms with Crippen LogP contribution in [0.4, 0.5) is 10.1 Å². The molecule has 6 heteroatoms. The number of aryl methyl sites for hydroxylation is 2. The van der Waals surface area contributed by atoms with Crippen molar-refractivity contribution in [3.05, 3.63) is 94.3 Å². The molecule has 5 nitrogen and oxygen atoms in total. The van der Waals surface area contributed by atoms with E-state index in [2.05, 4.69) is 0 Å². The molecule has 33 heavy (non-hydrogen) atoms. The zero-order valence-electron chi connectivity index (χ0n) is 18.5. The van der Waals surface area contributed by atoms with Crippen LogP contribution in [-0.4, -0.2) is 23.5 Å². The summed E-state index contributed by atoms with van der Waals surface area (Å²) >= 11 is 0. The van der Waals surface area contributed by atoms with Gasteiger partial charge in [0.15, 0.2) is 0 Å². The minimum atomic E-state index is -0.964. The maximum absolute atomic E-state index is 14.3. The fourth-order valence-electron chi connectivity index (χ4n) is 4.19. The second kappa shape index (κ2) is 9.86. The number of para-hydroxylation sites is 1. The molecule has 0 saturated heterocycles. The minimum Gasteiger partial charge on any atom is -0.489 e. The summed E-state index contributed by atoms with van der Waals surface area (Å²) in [5.41, 5.74) is 5.31. The lowest BCUT2D eigenvalue weighted by Crippen LogP contribution is -2.31. The van der Waals surface area contributed by atoms with E-state index in [4.69, 9.17) is 9.84 Å². The van der Waals surface area contributed by atoms with E-state index in [1.807, 2.05) is 54.3 Å². The summed E-state index contributed by atoms with van der Waals surface area (Å²) in [5.74, 6) is -1.04. The smallest absolute Gasteiger partial charge is 0.303 e. The molecular formula is C27H26FNO4. The molecule has 0 spiro atoms. The summed E-state index contributed by atoms with van der Waals surface area (Å²) in [7, 11) is 0. The number of hydrogen-bond donors (Lipinski definition) is 1. The molecule has 170 valence electrons. The monoisotopic (exact) mass is 447 g/mol. The Kier molecular flexibility index (Phi) is 6.73. The number of anilines is 1. The maximum Gasteiger partial charge on any atom is 0.303 e. The number of benzene rings is 3. The van der Waals surface area contributed by atoms with Crippen LogP contribution in [0.1, 0.15) is 34.2 Å². The van der Waals surface area contributed by atoms with Gasteiger partial charge in [-0.05, 0) is 48.1 Å². The Balaban J connectivity index is 1.48. The average molecular weight is 448 g/mol. The molecule has 4 rings (SSSR count). The highest BCUT2D eigenvalue weighted by Gasteiger charge is 2.27. The molecule has 0 unspecified atom stereocenters. The molecule has 1 amide bonds. The first kappa shape index (κ1) is 22.5. The van der Waals surface area contributed by atoms with E-state index in [1.54, 1.807) is 12.1 Å².